The molecule has 3 heteroatoms. The van der Waals surface area contributed by atoms with E-state index in [1.807, 2.05) is 18.5 Å². The molecule has 16 heavy (non-hydrogen) atoms. The van der Waals surface area contributed by atoms with Gasteiger partial charge in [0.05, 0.1) is 0 Å². The lowest BCUT2D eigenvalue weighted by Gasteiger charge is -2.11. The Hall–Kier alpha value is -1.19. The quantitative estimate of drug-likeness (QED) is 0.857. The van der Waals surface area contributed by atoms with Crippen molar-refractivity contribution in [1.82, 2.24) is 10.3 Å². The summed E-state index contributed by atoms with van der Waals surface area (Å²) in [5.41, 5.74) is 1.29. The maximum absolute atomic E-state index is 4.11. The zero-order valence-corrected chi connectivity index (χ0v) is 10.2. The summed E-state index contributed by atoms with van der Waals surface area (Å²) in [5.74, 6) is 0. The lowest BCUT2D eigenvalue weighted by atomic mass is 10.2. The summed E-state index contributed by atoms with van der Waals surface area (Å²) in [5, 5.41) is 5.64. The van der Waals surface area contributed by atoms with Gasteiger partial charge in [-0.25, -0.2) is 0 Å². The Balaban J connectivity index is 1.76. The summed E-state index contributed by atoms with van der Waals surface area (Å²) in [6, 6.07) is 8.81. The van der Waals surface area contributed by atoms with E-state index < -0.39 is 0 Å². The van der Waals surface area contributed by atoms with Crippen LogP contribution in [0.15, 0.2) is 42.0 Å². The first-order chi connectivity index (χ1) is 7.86. The van der Waals surface area contributed by atoms with Gasteiger partial charge < -0.3 is 5.32 Å². The summed E-state index contributed by atoms with van der Waals surface area (Å²) in [4.78, 5) is 5.50. The average molecular weight is 232 g/mol. The molecule has 2 nitrogen and oxygen atoms in total. The number of hydrogen-bond donors (Lipinski definition) is 1. The molecule has 0 bridgehead atoms. The molecular formula is C13H16N2S. The third-order valence-corrected chi connectivity index (χ3v) is 3.61. The molecule has 1 unspecified atom stereocenters. The van der Waals surface area contributed by atoms with Crippen LogP contribution in [0, 0.1) is 0 Å². The molecule has 0 amide bonds. The van der Waals surface area contributed by atoms with E-state index in [2.05, 4.69) is 40.8 Å². The molecule has 0 aliphatic rings. The molecule has 0 saturated carbocycles. The standard InChI is InChI=1S/C13H16N2S/c1-11(13-5-3-9-16-13)15-8-6-12-4-2-7-14-10-12/h2-5,7,9-11,15H,6,8H2,1H3. The number of nitrogens with zero attached hydrogens (tertiary/aromatic N) is 1. The molecule has 0 aliphatic carbocycles. The summed E-state index contributed by atoms with van der Waals surface area (Å²) >= 11 is 1.80. The van der Waals surface area contributed by atoms with Crippen molar-refractivity contribution in [2.45, 2.75) is 19.4 Å². The zero-order chi connectivity index (χ0) is 11.2. The van der Waals surface area contributed by atoms with Gasteiger partial charge in [0, 0.05) is 23.3 Å². The van der Waals surface area contributed by atoms with Crippen LogP contribution in [-0.4, -0.2) is 11.5 Å². The molecule has 0 radical (unpaired) electrons. The van der Waals surface area contributed by atoms with Gasteiger partial charge in [0.1, 0.15) is 0 Å². The van der Waals surface area contributed by atoms with Gasteiger partial charge in [0.25, 0.3) is 0 Å². The molecule has 2 rings (SSSR count). The predicted octanol–water partition coefficient (Wildman–Crippen LogP) is 3.04. The Kier molecular flexibility index (Phi) is 4.08. The molecule has 1 N–H and O–H groups in total. The third-order valence-electron chi connectivity index (χ3n) is 2.56. The largest absolute Gasteiger partial charge is 0.309 e. The smallest absolute Gasteiger partial charge is 0.0386 e. The SMILES string of the molecule is CC(NCCc1cccnc1)c1cccs1. The third kappa shape index (κ3) is 3.15. The molecule has 0 aromatic carbocycles. The van der Waals surface area contributed by atoms with Crippen molar-refractivity contribution in [2.75, 3.05) is 6.54 Å². The lowest BCUT2D eigenvalue weighted by molar-refractivity contribution is 0.584. The predicted molar refractivity (Wildman–Crippen MR) is 68.7 cm³/mol. The van der Waals surface area contributed by atoms with Crippen LogP contribution >= 0.6 is 11.3 Å². The second-order valence-electron chi connectivity index (χ2n) is 3.80. The van der Waals surface area contributed by atoms with Crippen molar-refractivity contribution < 1.29 is 0 Å². The van der Waals surface area contributed by atoms with E-state index in [9.17, 15) is 0 Å². The van der Waals surface area contributed by atoms with Crippen LogP contribution in [-0.2, 0) is 6.42 Å². The van der Waals surface area contributed by atoms with Gasteiger partial charge >= 0.3 is 0 Å². The van der Waals surface area contributed by atoms with Gasteiger partial charge in [-0.15, -0.1) is 11.3 Å². The highest BCUT2D eigenvalue weighted by Crippen LogP contribution is 2.17. The van der Waals surface area contributed by atoms with Gasteiger partial charge in [-0.1, -0.05) is 12.1 Å². The minimum Gasteiger partial charge on any atom is -0.309 e. The lowest BCUT2D eigenvalue weighted by Crippen LogP contribution is -2.20. The van der Waals surface area contributed by atoms with E-state index in [0.717, 1.165) is 13.0 Å². The van der Waals surface area contributed by atoms with Crippen LogP contribution in [0.1, 0.15) is 23.4 Å². The molecule has 0 spiro atoms. The Bertz CT molecular complexity index is 397. The van der Waals surface area contributed by atoms with Gasteiger partial charge in [0.15, 0.2) is 0 Å². The highest BCUT2D eigenvalue weighted by atomic mass is 32.1. The number of pyridine rings is 1. The number of thiophene rings is 1. The fraction of sp³-hybridized carbons (Fsp3) is 0.308. The first-order valence-corrected chi connectivity index (χ1v) is 6.40. The van der Waals surface area contributed by atoms with E-state index in [1.54, 1.807) is 11.3 Å². The molecule has 1 atom stereocenters. The first-order valence-electron chi connectivity index (χ1n) is 5.52. The Labute approximate surface area is 100 Å². The Morgan fingerprint density at radius 1 is 1.38 bits per heavy atom. The van der Waals surface area contributed by atoms with E-state index in [-0.39, 0.29) is 0 Å². The highest BCUT2D eigenvalue weighted by Gasteiger charge is 2.04. The fourth-order valence-corrected chi connectivity index (χ4v) is 2.38. The maximum atomic E-state index is 4.11. The van der Waals surface area contributed by atoms with E-state index in [1.165, 1.54) is 10.4 Å². The minimum absolute atomic E-state index is 0.441. The molecular weight excluding hydrogens is 216 g/mol. The van der Waals surface area contributed by atoms with Gasteiger partial charge in [-0.3, -0.25) is 4.98 Å². The average Bonchev–Trinajstić information content (AvgIpc) is 2.84. The van der Waals surface area contributed by atoms with Crippen LogP contribution in [0.4, 0.5) is 0 Å². The minimum atomic E-state index is 0.441. The molecule has 2 aromatic rings. The Morgan fingerprint density at radius 3 is 3.00 bits per heavy atom. The maximum Gasteiger partial charge on any atom is 0.0386 e. The molecule has 2 aromatic heterocycles. The van der Waals surface area contributed by atoms with E-state index in [0.29, 0.717) is 6.04 Å². The van der Waals surface area contributed by atoms with Gasteiger partial charge in [0.2, 0.25) is 0 Å². The normalized spacial score (nSPS) is 12.6. The summed E-state index contributed by atoms with van der Waals surface area (Å²) in [7, 11) is 0. The van der Waals surface area contributed by atoms with Crippen molar-refractivity contribution in [3.05, 3.63) is 52.5 Å². The summed E-state index contributed by atoms with van der Waals surface area (Å²) in [6.45, 7) is 3.19. The second kappa shape index (κ2) is 5.77. The second-order valence-corrected chi connectivity index (χ2v) is 4.78. The molecule has 0 fully saturated rings. The molecule has 0 aliphatic heterocycles. The van der Waals surface area contributed by atoms with E-state index >= 15 is 0 Å². The highest BCUT2D eigenvalue weighted by molar-refractivity contribution is 7.10. The van der Waals surface area contributed by atoms with Crippen LogP contribution in [0.5, 0.6) is 0 Å². The van der Waals surface area contributed by atoms with Crippen LogP contribution in [0.3, 0.4) is 0 Å². The number of hydrogen-bond acceptors (Lipinski definition) is 3. The van der Waals surface area contributed by atoms with Crippen molar-refractivity contribution in [2.24, 2.45) is 0 Å². The monoisotopic (exact) mass is 232 g/mol. The summed E-state index contributed by atoms with van der Waals surface area (Å²) in [6.07, 6.45) is 4.77. The molecule has 2 heterocycles. The molecule has 0 saturated heterocycles. The topological polar surface area (TPSA) is 24.9 Å². The van der Waals surface area contributed by atoms with E-state index in [4.69, 9.17) is 0 Å². The van der Waals surface area contributed by atoms with Crippen LogP contribution in [0.2, 0.25) is 0 Å². The number of rotatable bonds is 5. The summed E-state index contributed by atoms with van der Waals surface area (Å²) < 4.78 is 0. The van der Waals surface area contributed by atoms with Crippen molar-refractivity contribution in [3.8, 4) is 0 Å². The zero-order valence-electron chi connectivity index (χ0n) is 9.39. The van der Waals surface area contributed by atoms with Crippen molar-refractivity contribution in [1.29, 1.82) is 0 Å². The molecule has 84 valence electrons. The Morgan fingerprint density at radius 2 is 2.31 bits per heavy atom. The number of nitrogens with one attached hydrogen (secondary N) is 1. The number of aromatic nitrogens is 1. The van der Waals surface area contributed by atoms with Gasteiger partial charge in [-0.2, -0.15) is 0 Å². The van der Waals surface area contributed by atoms with Crippen LogP contribution < -0.4 is 5.32 Å². The van der Waals surface area contributed by atoms with Crippen molar-refractivity contribution >= 4 is 11.3 Å². The first kappa shape index (κ1) is 11.3. The van der Waals surface area contributed by atoms with Crippen molar-refractivity contribution in [3.63, 3.8) is 0 Å². The fourth-order valence-electron chi connectivity index (χ4n) is 1.62. The van der Waals surface area contributed by atoms with Gasteiger partial charge in [-0.05, 0) is 43.0 Å². The van der Waals surface area contributed by atoms with Crippen LogP contribution in [0.25, 0.3) is 0 Å².